The molecule has 1 aromatic carbocycles. The molecule has 0 bridgehead atoms. The average Bonchev–Trinajstić information content (AvgIpc) is 2.18. The van der Waals surface area contributed by atoms with Crippen LogP contribution in [0.1, 0.15) is 22.3 Å². The van der Waals surface area contributed by atoms with E-state index in [1.807, 2.05) is 6.07 Å². The van der Waals surface area contributed by atoms with Crippen molar-refractivity contribution in [1.82, 2.24) is 0 Å². The minimum atomic E-state index is -0.594. The van der Waals surface area contributed by atoms with Crippen molar-refractivity contribution in [2.75, 3.05) is 0 Å². The molecule has 0 fully saturated rings. The average molecular weight is 187 g/mol. The van der Waals surface area contributed by atoms with Gasteiger partial charge < -0.3 is 0 Å². The molecule has 0 saturated carbocycles. The zero-order chi connectivity index (χ0) is 10.4. The summed E-state index contributed by atoms with van der Waals surface area (Å²) in [5.41, 5.74) is 0.258. The van der Waals surface area contributed by atoms with Crippen LogP contribution in [0.4, 0.5) is 4.39 Å². The van der Waals surface area contributed by atoms with Crippen LogP contribution in [-0.4, -0.2) is 6.29 Å². The summed E-state index contributed by atoms with van der Waals surface area (Å²) in [6, 6.07) is 6.04. The maximum absolute atomic E-state index is 13.0. The molecule has 0 atom stereocenters. The van der Waals surface area contributed by atoms with Crippen LogP contribution in [0.2, 0.25) is 0 Å². The zero-order valence-electron chi connectivity index (χ0n) is 7.25. The van der Waals surface area contributed by atoms with E-state index in [1.54, 1.807) is 0 Å². The molecule has 0 aliphatic rings. The third-order valence-electron chi connectivity index (χ3n) is 1.56. The van der Waals surface area contributed by atoms with E-state index in [1.165, 1.54) is 18.2 Å². The topological polar surface area (TPSA) is 40.9 Å². The predicted octanol–water partition coefficient (Wildman–Crippen LogP) is 1.90. The predicted molar refractivity (Wildman–Crippen MR) is 48.9 cm³/mol. The van der Waals surface area contributed by atoms with Gasteiger partial charge in [-0.1, -0.05) is 17.9 Å². The molecule has 1 rings (SSSR count). The Balaban J connectivity index is 3.11. The van der Waals surface area contributed by atoms with Gasteiger partial charge >= 0.3 is 0 Å². The van der Waals surface area contributed by atoms with Gasteiger partial charge in [-0.05, 0) is 12.1 Å². The SMILES string of the molecule is N#CCC#Cc1cccc(F)c1C=O. The maximum atomic E-state index is 13.0. The number of rotatable bonds is 1. The van der Waals surface area contributed by atoms with Crippen LogP contribution in [0, 0.1) is 29.0 Å². The van der Waals surface area contributed by atoms with Crippen molar-refractivity contribution in [1.29, 1.82) is 5.26 Å². The molecule has 0 amide bonds. The number of carbonyl (C=O) groups excluding carboxylic acids is 1. The van der Waals surface area contributed by atoms with Gasteiger partial charge in [0.2, 0.25) is 0 Å². The lowest BCUT2D eigenvalue weighted by Gasteiger charge is -1.96. The Labute approximate surface area is 81.0 Å². The van der Waals surface area contributed by atoms with Crippen molar-refractivity contribution >= 4 is 6.29 Å². The van der Waals surface area contributed by atoms with Gasteiger partial charge in [0, 0.05) is 5.56 Å². The van der Waals surface area contributed by atoms with Crippen molar-refractivity contribution in [3.05, 3.63) is 35.1 Å². The molecule has 3 heteroatoms. The van der Waals surface area contributed by atoms with Gasteiger partial charge in [-0.15, -0.1) is 0 Å². The van der Waals surface area contributed by atoms with E-state index < -0.39 is 5.82 Å². The van der Waals surface area contributed by atoms with Gasteiger partial charge in [0.15, 0.2) is 6.29 Å². The maximum Gasteiger partial charge on any atom is 0.154 e. The molecule has 2 nitrogen and oxygen atoms in total. The molecule has 68 valence electrons. The van der Waals surface area contributed by atoms with Crippen molar-refractivity contribution in [2.24, 2.45) is 0 Å². The van der Waals surface area contributed by atoms with Crippen LogP contribution in [0.15, 0.2) is 18.2 Å². The molecule has 0 N–H and O–H groups in total. The summed E-state index contributed by atoms with van der Waals surface area (Å²) in [7, 11) is 0. The first kappa shape index (κ1) is 9.95. The number of benzene rings is 1. The fraction of sp³-hybridized carbons (Fsp3) is 0.0909. The van der Waals surface area contributed by atoms with Crippen molar-refractivity contribution < 1.29 is 9.18 Å². The summed E-state index contributed by atoms with van der Waals surface area (Å²) in [6.07, 6.45) is 0.487. The highest BCUT2D eigenvalue weighted by Crippen LogP contribution is 2.09. The van der Waals surface area contributed by atoms with Gasteiger partial charge in [-0.25, -0.2) is 4.39 Å². The lowest BCUT2D eigenvalue weighted by molar-refractivity contribution is 0.111. The van der Waals surface area contributed by atoms with Crippen LogP contribution >= 0.6 is 0 Å². The highest BCUT2D eigenvalue weighted by Gasteiger charge is 2.03. The lowest BCUT2D eigenvalue weighted by atomic mass is 10.1. The van der Waals surface area contributed by atoms with E-state index in [2.05, 4.69) is 11.8 Å². The minimum Gasteiger partial charge on any atom is -0.298 e. The smallest absolute Gasteiger partial charge is 0.154 e. The normalized spacial score (nSPS) is 8.29. The molecule has 0 aromatic heterocycles. The Morgan fingerprint density at radius 2 is 2.29 bits per heavy atom. The van der Waals surface area contributed by atoms with Gasteiger partial charge in [0.25, 0.3) is 0 Å². The highest BCUT2D eigenvalue weighted by molar-refractivity contribution is 5.79. The Morgan fingerprint density at radius 1 is 1.50 bits per heavy atom. The van der Waals surface area contributed by atoms with Crippen molar-refractivity contribution in [2.45, 2.75) is 6.42 Å². The summed E-state index contributed by atoms with van der Waals surface area (Å²) in [5, 5.41) is 8.23. The molecule has 0 aliphatic carbocycles. The van der Waals surface area contributed by atoms with E-state index in [9.17, 15) is 9.18 Å². The molecule has 0 radical (unpaired) electrons. The number of nitriles is 1. The van der Waals surface area contributed by atoms with Gasteiger partial charge in [0.05, 0.1) is 18.1 Å². The molecule has 0 spiro atoms. The zero-order valence-corrected chi connectivity index (χ0v) is 7.25. The Kier molecular flexibility index (Phi) is 3.41. The third kappa shape index (κ3) is 2.18. The Hall–Kier alpha value is -2.13. The monoisotopic (exact) mass is 187 g/mol. The number of carbonyl (C=O) groups is 1. The second-order valence-electron chi connectivity index (χ2n) is 2.46. The molecular formula is C11H6FNO. The first-order chi connectivity index (χ1) is 6.79. The molecular weight excluding hydrogens is 181 g/mol. The molecule has 0 saturated heterocycles. The van der Waals surface area contributed by atoms with Crippen molar-refractivity contribution in [3.63, 3.8) is 0 Å². The Morgan fingerprint density at radius 3 is 2.93 bits per heavy atom. The van der Waals surface area contributed by atoms with Crippen LogP contribution in [0.5, 0.6) is 0 Å². The van der Waals surface area contributed by atoms with Gasteiger partial charge in [-0.3, -0.25) is 4.79 Å². The van der Waals surface area contributed by atoms with Crippen LogP contribution in [0.25, 0.3) is 0 Å². The summed E-state index contributed by atoms with van der Waals surface area (Å²) in [4.78, 5) is 10.5. The first-order valence-corrected chi connectivity index (χ1v) is 3.89. The second-order valence-corrected chi connectivity index (χ2v) is 2.46. The molecule has 1 aromatic rings. The number of nitrogens with zero attached hydrogens (tertiary/aromatic N) is 1. The number of aldehydes is 1. The number of hydrogen-bond acceptors (Lipinski definition) is 2. The quantitative estimate of drug-likeness (QED) is 0.497. The molecule has 14 heavy (non-hydrogen) atoms. The first-order valence-electron chi connectivity index (χ1n) is 3.89. The second kappa shape index (κ2) is 4.79. The van der Waals surface area contributed by atoms with Crippen LogP contribution in [-0.2, 0) is 0 Å². The number of hydrogen-bond donors (Lipinski definition) is 0. The number of halogens is 1. The molecule has 0 aliphatic heterocycles. The highest BCUT2D eigenvalue weighted by atomic mass is 19.1. The summed E-state index contributed by atoms with van der Waals surface area (Å²) in [6.45, 7) is 0. The minimum absolute atomic E-state index is 0.0575. The van der Waals surface area contributed by atoms with E-state index >= 15 is 0 Å². The fourth-order valence-electron chi connectivity index (χ4n) is 0.945. The molecule has 0 unspecified atom stereocenters. The molecule has 0 heterocycles. The van der Waals surface area contributed by atoms with E-state index in [4.69, 9.17) is 5.26 Å². The van der Waals surface area contributed by atoms with Crippen LogP contribution in [0.3, 0.4) is 0 Å². The summed E-state index contributed by atoms with van der Waals surface area (Å²) >= 11 is 0. The third-order valence-corrected chi connectivity index (χ3v) is 1.56. The van der Waals surface area contributed by atoms with Gasteiger partial charge in [0.1, 0.15) is 5.82 Å². The summed E-state index contributed by atoms with van der Waals surface area (Å²) in [5.74, 6) is 4.49. The van der Waals surface area contributed by atoms with E-state index in [-0.39, 0.29) is 12.0 Å². The van der Waals surface area contributed by atoms with Crippen molar-refractivity contribution in [3.8, 4) is 17.9 Å². The largest absolute Gasteiger partial charge is 0.298 e. The lowest BCUT2D eigenvalue weighted by Crippen LogP contribution is -1.91. The van der Waals surface area contributed by atoms with E-state index in [0.29, 0.717) is 11.8 Å². The van der Waals surface area contributed by atoms with Gasteiger partial charge in [-0.2, -0.15) is 5.26 Å². The standard InChI is InChI=1S/C11H6FNO/c12-11-6-3-5-9(10(11)8-14)4-1-2-7-13/h3,5-6,8H,2H2. The van der Waals surface area contributed by atoms with Crippen LogP contribution < -0.4 is 0 Å². The Bertz CT molecular complexity index is 449. The van der Waals surface area contributed by atoms with E-state index in [0.717, 1.165) is 0 Å². The summed E-state index contributed by atoms with van der Waals surface area (Å²) < 4.78 is 13.0. The fourth-order valence-corrected chi connectivity index (χ4v) is 0.945.